The van der Waals surface area contributed by atoms with Crippen molar-refractivity contribution in [2.45, 2.75) is 58.0 Å². The van der Waals surface area contributed by atoms with Gasteiger partial charge < -0.3 is 19.6 Å². The molecule has 0 spiro atoms. The molecular formula is C19H28N6O5. The molecule has 2 N–H and O–H groups in total. The van der Waals surface area contributed by atoms with Crippen LogP contribution in [0.15, 0.2) is 4.52 Å². The van der Waals surface area contributed by atoms with E-state index in [1.54, 1.807) is 11.9 Å². The molecule has 0 aromatic carbocycles. The van der Waals surface area contributed by atoms with Gasteiger partial charge in [-0.2, -0.15) is 4.98 Å². The van der Waals surface area contributed by atoms with Crippen LogP contribution in [0.2, 0.25) is 0 Å². The van der Waals surface area contributed by atoms with Gasteiger partial charge in [-0.05, 0) is 25.7 Å². The van der Waals surface area contributed by atoms with Crippen LogP contribution in [0.3, 0.4) is 0 Å². The highest BCUT2D eigenvalue weighted by Crippen LogP contribution is 2.26. The first-order valence-electron chi connectivity index (χ1n) is 10.2. The van der Waals surface area contributed by atoms with E-state index >= 15 is 0 Å². The van der Waals surface area contributed by atoms with Crippen LogP contribution in [0, 0.1) is 5.92 Å². The number of urea groups is 1. The maximum atomic E-state index is 12.7. The van der Waals surface area contributed by atoms with Crippen molar-refractivity contribution < 1.29 is 23.7 Å². The highest BCUT2D eigenvalue weighted by molar-refractivity contribution is 6.03. The molecule has 11 heteroatoms. The van der Waals surface area contributed by atoms with Crippen LogP contribution in [0.1, 0.15) is 57.2 Å². The lowest BCUT2D eigenvalue weighted by molar-refractivity contribution is -0.136. The van der Waals surface area contributed by atoms with Crippen molar-refractivity contribution in [2.24, 2.45) is 5.92 Å². The van der Waals surface area contributed by atoms with Crippen molar-refractivity contribution in [3.63, 3.8) is 0 Å². The summed E-state index contributed by atoms with van der Waals surface area (Å²) in [5.41, 5.74) is 0. The molecule has 0 unspecified atom stereocenters. The van der Waals surface area contributed by atoms with E-state index in [0.29, 0.717) is 37.4 Å². The number of rotatable bonds is 7. The largest absolute Gasteiger partial charge is 0.352 e. The van der Waals surface area contributed by atoms with Gasteiger partial charge in [0.2, 0.25) is 23.6 Å². The predicted molar refractivity (Wildman–Crippen MR) is 104 cm³/mol. The van der Waals surface area contributed by atoms with Gasteiger partial charge in [0.05, 0.1) is 6.54 Å². The minimum absolute atomic E-state index is 0.0244. The minimum atomic E-state index is -0.547. The number of imide groups is 1. The van der Waals surface area contributed by atoms with E-state index in [1.807, 2.05) is 13.8 Å². The second-order valence-corrected chi connectivity index (χ2v) is 8.22. The first kappa shape index (κ1) is 21.7. The van der Waals surface area contributed by atoms with Crippen LogP contribution in [-0.4, -0.2) is 69.9 Å². The van der Waals surface area contributed by atoms with Crippen LogP contribution in [0.25, 0.3) is 0 Å². The molecule has 1 aromatic heterocycles. The summed E-state index contributed by atoms with van der Waals surface area (Å²) in [7, 11) is 1.72. The molecule has 1 aliphatic carbocycles. The summed E-state index contributed by atoms with van der Waals surface area (Å²) in [5.74, 6) is 0.405. The van der Waals surface area contributed by atoms with Gasteiger partial charge in [0.25, 0.3) is 0 Å². The monoisotopic (exact) mass is 420 g/mol. The van der Waals surface area contributed by atoms with Gasteiger partial charge in [-0.3, -0.25) is 19.7 Å². The Kier molecular flexibility index (Phi) is 6.68. The summed E-state index contributed by atoms with van der Waals surface area (Å²) in [6.07, 6.45) is 2.69. The quantitative estimate of drug-likeness (QED) is 0.608. The molecule has 2 heterocycles. The summed E-state index contributed by atoms with van der Waals surface area (Å²) in [4.78, 5) is 54.7. The summed E-state index contributed by atoms with van der Waals surface area (Å²) >= 11 is 0. The molecule has 30 heavy (non-hydrogen) atoms. The van der Waals surface area contributed by atoms with Gasteiger partial charge in [-0.25, -0.2) is 4.79 Å². The van der Waals surface area contributed by atoms with E-state index < -0.39 is 11.9 Å². The maximum Gasteiger partial charge on any atom is 0.325 e. The van der Waals surface area contributed by atoms with Crippen molar-refractivity contribution in [3.8, 4) is 0 Å². The Morgan fingerprint density at radius 1 is 1.27 bits per heavy atom. The molecular weight excluding hydrogens is 392 g/mol. The maximum absolute atomic E-state index is 12.7. The second-order valence-electron chi connectivity index (χ2n) is 8.22. The number of aromatic nitrogens is 2. The molecule has 5 amide bonds. The molecule has 0 radical (unpaired) electrons. The summed E-state index contributed by atoms with van der Waals surface area (Å²) in [5, 5.41) is 8.94. The molecule has 2 fully saturated rings. The standard InChI is InChI=1S/C19H28N6O5/c1-11(2)17-22-16(30-23-17)10-24(3)18(28)12-4-6-13(7-5-12)20-14(26)8-25-9-15(27)21-19(25)29/h11-13H,4-10H2,1-3H3,(H,20,26)(H,21,27,29). The first-order chi connectivity index (χ1) is 14.2. The number of nitrogens with zero attached hydrogens (tertiary/aromatic N) is 4. The molecule has 164 valence electrons. The number of carbonyl (C=O) groups is 4. The third kappa shape index (κ3) is 5.33. The third-order valence-corrected chi connectivity index (χ3v) is 5.39. The predicted octanol–water partition coefficient (Wildman–Crippen LogP) is 0.378. The van der Waals surface area contributed by atoms with Crippen molar-refractivity contribution in [1.82, 2.24) is 30.6 Å². The first-order valence-corrected chi connectivity index (χ1v) is 10.2. The number of hydrogen-bond acceptors (Lipinski definition) is 7. The summed E-state index contributed by atoms with van der Waals surface area (Å²) in [6, 6.07) is -0.591. The van der Waals surface area contributed by atoms with Crippen LogP contribution >= 0.6 is 0 Å². The molecule has 0 bridgehead atoms. The SMILES string of the molecule is CC(C)c1noc(CN(C)C(=O)C2CCC(NC(=O)CN3CC(=O)NC3=O)CC2)n1. The minimum Gasteiger partial charge on any atom is -0.352 e. The molecule has 11 nitrogen and oxygen atoms in total. The average Bonchev–Trinajstić information content (AvgIpc) is 3.28. The Labute approximate surface area is 174 Å². The van der Waals surface area contributed by atoms with E-state index in [9.17, 15) is 19.2 Å². The van der Waals surface area contributed by atoms with Crippen molar-refractivity contribution >= 4 is 23.8 Å². The lowest BCUT2D eigenvalue weighted by Crippen LogP contribution is -2.45. The smallest absolute Gasteiger partial charge is 0.325 e. The number of hydrogen-bond donors (Lipinski definition) is 2. The summed E-state index contributed by atoms with van der Waals surface area (Å²) < 4.78 is 5.21. The summed E-state index contributed by atoms with van der Waals surface area (Å²) in [6.45, 7) is 3.96. The Morgan fingerprint density at radius 3 is 2.53 bits per heavy atom. The van der Waals surface area contributed by atoms with E-state index in [-0.39, 0.29) is 49.3 Å². The van der Waals surface area contributed by atoms with Gasteiger partial charge in [-0.15, -0.1) is 0 Å². The van der Waals surface area contributed by atoms with Gasteiger partial charge in [-0.1, -0.05) is 19.0 Å². The van der Waals surface area contributed by atoms with Gasteiger partial charge >= 0.3 is 6.03 Å². The fourth-order valence-corrected chi connectivity index (χ4v) is 3.70. The zero-order chi connectivity index (χ0) is 21.8. The highest BCUT2D eigenvalue weighted by atomic mass is 16.5. The van der Waals surface area contributed by atoms with E-state index in [0.717, 1.165) is 0 Å². The molecule has 1 aliphatic heterocycles. The molecule has 2 aliphatic rings. The van der Waals surface area contributed by atoms with Crippen molar-refractivity contribution in [3.05, 3.63) is 11.7 Å². The van der Waals surface area contributed by atoms with Crippen LogP contribution in [0.5, 0.6) is 0 Å². The Bertz CT molecular complexity index is 814. The number of carbonyl (C=O) groups excluding carboxylic acids is 4. The zero-order valence-corrected chi connectivity index (χ0v) is 17.5. The molecule has 1 saturated carbocycles. The van der Waals surface area contributed by atoms with Crippen molar-refractivity contribution in [2.75, 3.05) is 20.1 Å². The molecule has 1 aromatic rings. The molecule has 1 saturated heterocycles. The van der Waals surface area contributed by atoms with Crippen molar-refractivity contribution in [1.29, 1.82) is 0 Å². The van der Waals surface area contributed by atoms with Gasteiger partial charge in [0.15, 0.2) is 5.82 Å². The van der Waals surface area contributed by atoms with E-state index in [1.165, 1.54) is 4.90 Å². The fraction of sp³-hybridized carbons (Fsp3) is 0.684. The Hall–Kier alpha value is -2.98. The Balaban J connectivity index is 1.41. The van der Waals surface area contributed by atoms with Crippen LogP contribution in [-0.2, 0) is 20.9 Å². The van der Waals surface area contributed by atoms with Gasteiger partial charge in [0, 0.05) is 24.9 Å². The fourth-order valence-electron chi connectivity index (χ4n) is 3.70. The highest BCUT2D eigenvalue weighted by Gasteiger charge is 2.31. The van der Waals surface area contributed by atoms with E-state index in [4.69, 9.17) is 4.52 Å². The van der Waals surface area contributed by atoms with Gasteiger partial charge in [0.1, 0.15) is 13.1 Å². The number of nitrogens with one attached hydrogen (secondary N) is 2. The number of amides is 5. The topological polar surface area (TPSA) is 138 Å². The average molecular weight is 420 g/mol. The zero-order valence-electron chi connectivity index (χ0n) is 17.5. The van der Waals surface area contributed by atoms with E-state index in [2.05, 4.69) is 20.8 Å². The normalized spacial score (nSPS) is 21.7. The molecule has 3 rings (SSSR count). The lowest BCUT2D eigenvalue weighted by Gasteiger charge is -2.30. The van der Waals surface area contributed by atoms with Crippen LogP contribution in [0.4, 0.5) is 4.79 Å². The van der Waals surface area contributed by atoms with Crippen LogP contribution < -0.4 is 10.6 Å². The molecule has 0 atom stereocenters. The Morgan fingerprint density at radius 2 is 1.97 bits per heavy atom. The second kappa shape index (κ2) is 9.23. The third-order valence-electron chi connectivity index (χ3n) is 5.39. The lowest BCUT2D eigenvalue weighted by atomic mass is 9.85.